The molecule has 0 fully saturated rings. The molecule has 9 heteroatoms. The summed E-state index contributed by atoms with van der Waals surface area (Å²) in [5.74, 6) is -0.313. The van der Waals surface area contributed by atoms with Crippen LogP contribution >= 0.6 is 0 Å². The molecule has 22 heavy (non-hydrogen) atoms. The summed E-state index contributed by atoms with van der Waals surface area (Å²) in [4.78, 5) is 15.8. The first-order valence-corrected chi connectivity index (χ1v) is 6.30. The van der Waals surface area contributed by atoms with Gasteiger partial charge in [-0.15, -0.1) is 0 Å². The molecule has 0 aromatic carbocycles. The maximum Gasteiger partial charge on any atom is 0.417 e. The zero-order valence-corrected chi connectivity index (χ0v) is 11.9. The largest absolute Gasteiger partial charge is 0.417 e. The second-order valence-electron chi connectivity index (χ2n) is 4.58. The van der Waals surface area contributed by atoms with Gasteiger partial charge < -0.3 is 0 Å². The Labute approximate surface area is 124 Å². The van der Waals surface area contributed by atoms with Crippen molar-refractivity contribution in [1.82, 2.24) is 25.2 Å². The molecule has 2 heterocycles. The first-order chi connectivity index (χ1) is 10.3. The van der Waals surface area contributed by atoms with Crippen LogP contribution in [-0.4, -0.2) is 32.7 Å². The molecule has 0 saturated carbocycles. The van der Waals surface area contributed by atoms with Gasteiger partial charge in [0.1, 0.15) is 5.69 Å². The number of halogens is 3. The van der Waals surface area contributed by atoms with E-state index < -0.39 is 11.7 Å². The molecular weight excluding hydrogens is 299 g/mol. The van der Waals surface area contributed by atoms with Crippen molar-refractivity contribution in [1.29, 1.82) is 0 Å². The number of pyridine rings is 1. The Kier molecular flexibility index (Phi) is 4.45. The maximum absolute atomic E-state index is 12.4. The Bertz CT molecular complexity index is 650. The van der Waals surface area contributed by atoms with E-state index in [0.717, 1.165) is 12.3 Å². The van der Waals surface area contributed by atoms with E-state index in [2.05, 4.69) is 15.5 Å². The van der Waals surface area contributed by atoms with Crippen molar-refractivity contribution in [2.24, 2.45) is 7.05 Å². The lowest BCUT2D eigenvalue weighted by Crippen LogP contribution is -2.40. The number of aromatic nitrogens is 3. The standard InChI is InChI=1S/C13H14F3N5O/c1-20-11(5-6-18-20)12(22)21(2)19-8-10-4-3-9(7-17-10)13(14,15)16/h3-7,19H,8H2,1-2H3. The number of alkyl halides is 3. The number of carbonyl (C=O) groups is 1. The second kappa shape index (κ2) is 6.14. The van der Waals surface area contributed by atoms with Crippen LogP contribution in [0.25, 0.3) is 0 Å². The molecule has 0 bridgehead atoms. The fourth-order valence-corrected chi connectivity index (χ4v) is 1.72. The smallest absolute Gasteiger partial charge is 0.275 e. The Balaban J connectivity index is 1.95. The topological polar surface area (TPSA) is 63.1 Å². The summed E-state index contributed by atoms with van der Waals surface area (Å²) in [5, 5.41) is 5.13. The molecule has 0 atom stereocenters. The maximum atomic E-state index is 12.4. The first kappa shape index (κ1) is 16.0. The fraction of sp³-hybridized carbons (Fsp3) is 0.308. The van der Waals surface area contributed by atoms with Gasteiger partial charge in [0.15, 0.2) is 0 Å². The van der Waals surface area contributed by atoms with E-state index in [0.29, 0.717) is 11.4 Å². The van der Waals surface area contributed by atoms with Crippen LogP contribution in [0.1, 0.15) is 21.7 Å². The molecule has 6 nitrogen and oxygen atoms in total. The molecule has 118 valence electrons. The average molecular weight is 313 g/mol. The minimum absolute atomic E-state index is 0.123. The predicted molar refractivity (Wildman–Crippen MR) is 71.4 cm³/mol. The normalized spacial score (nSPS) is 11.5. The van der Waals surface area contributed by atoms with Crippen molar-refractivity contribution in [2.75, 3.05) is 7.05 Å². The number of amides is 1. The van der Waals surface area contributed by atoms with E-state index in [1.165, 1.54) is 29.0 Å². The molecule has 0 aliphatic heterocycles. The van der Waals surface area contributed by atoms with Crippen LogP contribution in [-0.2, 0) is 19.8 Å². The molecule has 1 amide bonds. The molecule has 2 aromatic heterocycles. The van der Waals surface area contributed by atoms with Crippen LogP contribution in [0, 0.1) is 0 Å². The minimum Gasteiger partial charge on any atom is -0.275 e. The van der Waals surface area contributed by atoms with Crippen LogP contribution in [0.5, 0.6) is 0 Å². The third-order valence-electron chi connectivity index (χ3n) is 2.99. The molecule has 0 aliphatic rings. The first-order valence-electron chi connectivity index (χ1n) is 6.30. The lowest BCUT2D eigenvalue weighted by Gasteiger charge is -2.18. The zero-order chi connectivity index (χ0) is 16.3. The number of aryl methyl sites for hydroxylation is 1. The molecule has 0 saturated heterocycles. The second-order valence-corrected chi connectivity index (χ2v) is 4.58. The number of rotatable bonds is 4. The van der Waals surface area contributed by atoms with Gasteiger partial charge in [0.2, 0.25) is 0 Å². The van der Waals surface area contributed by atoms with Gasteiger partial charge in [-0.3, -0.25) is 19.5 Å². The van der Waals surface area contributed by atoms with Gasteiger partial charge in [-0.05, 0) is 18.2 Å². The molecule has 2 aromatic rings. The Hall–Kier alpha value is -2.42. The highest BCUT2D eigenvalue weighted by Crippen LogP contribution is 2.28. The number of nitrogens with zero attached hydrogens (tertiary/aromatic N) is 4. The van der Waals surface area contributed by atoms with Crippen molar-refractivity contribution in [2.45, 2.75) is 12.7 Å². The summed E-state index contributed by atoms with van der Waals surface area (Å²) in [6.45, 7) is 0.123. The number of carbonyl (C=O) groups excluding carboxylic acids is 1. The van der Waals surface area contributed by atoms with E-state index in [1.54, 1.807) is 13.1 Å². The van der Waals surface area contributed by atoms with Gasteiger partial charge in [-0.25, -0.2) is 5.43 Å². The van der Waals surface area contributed by atoms with Crippen molar-refractivity contribution in [3.05, 3.63) is 47.5 Å². The zero-order valence-electron chi connectivity index (χ0n) is 11.9. The minimum atomic E-state index is -4.41. The SMILES string of the molecule is CN(NCc1ccc(C(F)(F)F)cn1)C(=O)c1ccnn1C. The van der Waals surface area contributed by atoms with Gasteiger partial charge in [0.25, 0.3) is 5.91 Å². The summed E-state index contributed by atoms with van der Waals surface area (Å²) in [6, 6.07) is 3.78. The Morgan fingerprint density at radius 2 is 2.09 bits per heavy atom. The third-order valence-corrected chi connectivity index (χ3v) is 2.99. The summed E-state index contributed by atoms with van der Waals surface area (Å²) in [6.07, 6.45) is -2.15. The Morgan fingerprint density at radius 3 is 2.59 bits per heavy atom. The van der Waals surface area contributed by atoms with Crippen molar-refractivity contribution >= 4 is 5.91 Å². The highest BCUT2D eigenvalue weighted by molar-refractivity contribution is 5.91. The van der Waals surface area contributed by atoms with Gasteiger partial charge in [0, 0.05) is 26.5 Å². The number of hydrogen-bond donors (Lipinski definition) is 1. The number of hydrogen-bond acceptors (Lipinski definition) is 4. The van der Waals surface area contributed by atoms with Gasteiger partial charge in [0.05, 0.1) is 17.8 Å². The fourth-order valence-electron chi connectivity index (χ4n) is 1.72. The average Bonchev–Trinajstić information content (AvgIpc) is 2.89. The van der Waals surface area contributed by atoms with Gasteiger partial charge in [-0.1, -0.05) is 0 Å². The molecule has 2 rings (SSSR count). The predicted octanol–water partition coefficient (Wildman–Crippen LogP) is 1.61. The van der Waals surface area contributed by atoms with Crippen LogP contribution in [0.3, 0.4) is 0 Å². The molecule has 0 aliphatic carbocycles. The molecular formula is C13H14F3N5O. The van der Waals surface area contributed by atoms with E-state index in [9.17, 15) is 18.0 Å². The van der Waals surface area contributed by atoms with Gasteiger partial charge in [-0.2, -0.15) is 18.3 Å². The Morgan fingerprint density at radius 1 is 1.36 bits per heavy atom. The highest BCUT2D eigenvalue weighted by Gasteiger charge is 2.30. The van der Waals surface area contributed by atoms with Gasteiger partial charge >= 0.3 is 6.18 Å². The summed E-state index contributed by atoms with van der Waals surface area (Å²) >= 11 is 0. The molecule has 0 spiro atoms. The lowest BCUT2D eigenvalue weighted by molar-refractivity contribution is -0.137. The highest BCUT2D eigenvalue weighted by atomic mass is 19.4. The monoisotopic (exact) mass is 313 g/mol. The quantitative estimate of drug-likeness (QED) is 0.871. The summed E-state index contributed by atoms with van der Waals surface area (Å²) in [7, 11) is 3.15. The van der Waals surface area contributed by atoms with E-state index >= 15 is 0 Å². The van der Waals surface area contributed by atoms with Crippen LogP contribution < -0.4 is 5.43 Å². The van der Waals surface area contributed by atoms with Crippen molar-refractivity contribution < 1.29 is 18.0 Å². The summed E-state index contributed by atoms with van der Waals surface area (Å²) < 4.78 is 38.7. The lowest BCUT2D eigenvalue weighted by atomic mass is 10.2. The molecule has 0 unspecified atom stereocenters. The van der Waals surface area contributed by atoms with E-state index in [1.807, 2.05) is 0 Å². The summed E-state index contributed by atoms with van der Waals surface area (Å²) in [5.41, 5.74) is 2.73. The molecule has 0 radical (unpaired) electrons. The number of hydrazine groups is 1. The van der Waals surface area contributed by atoms with E-state index in [-0.39, 0.29) is 12.5 Å². The van der Waals surface area contributed by atoms with Crippen molar-refractivity contribution in [3.63, 3.8) is 0 Å². The van der Waals surface area contributed by atoms with E-state index in [4.69, 9.17) is 0 Å². The van der Waals surface area contributed by atoms with Crippen LogP contribution in [0.2, 0.25) is 0 Å². The number of nitrogens with one attached hydrogen (secondary N) is 1. The van der Waals surface area contributed by atoms with Crippen LogP contribution in [0.15, 0.2) is 30.6 Å². The van der Waals surface area contributed by atoms with Crippen LogP contribution in [0.4, 0.5) is 13.2 Å². The third kappa shape index (κ3) is 3.61. The van der Waals surface area contributed by atoms with Crippen molar-refractivity contribution in [3.8, 4) is 0 Å². The molecule has 1 N–H and O–H groups in total.